The first-order valence-corrected chi connectivity index (χ1v) is 8.14. The Hall–Kier alpha value is -2.82. The highest BCUT2D eigenvalue weighted by molar-refractivity contribution is 6.02. The number of anilines is 2. The number of hydrogen-bond donors (Lipinski definition) is 2. The Morgan fingerprint density at radius 2 is 1.79 bits per heavy atom. The summed E-state index contributed by atoms with van der Waals surface area (Å²) in [5.74, 6) is -0.313. The molecule has 1 atom stereocenters. The number of amides is 3. The summed E-state index contributed by atoms with van der Waals surface area (Å²) in [6.45, 7) is 2.27. The molecule has 0 aliphatic carbocycles. The van der Waals surface area contributed by atoms with E-state index in [4.69, 9.17) is 0 Å². The van der Waals surface area contributed by atoms with Crippen molar-refractivity contribution in [3.05, 3.63) is 60.2 Å². The van der Waals surface area contributed by atoms with Crippen LogP contribution in [0, 0.1) is 0 Å². The van der Waals surface area contributed by atoms with Gasteiger partial charge in [0.1, 0.15) is 0 Å². The quantitative estimate of drug-likeness (QED) is 0.912. The third-order valence-corrected chi connectivity index (χ3v) is 4.26. The first-order chi connectivity index (χ1) is 11.6. The van der Waals surface area contributed by atoms with E-state index in [0.717, 1.165) is 18.5 Å². The molecule has 1 heterocycles. The molecule has 0 spiro atoms. The van der Waals surface area contributed by atoms with E-state index in [-0.39, 0.29) is 18.5 Å². The van der Waals surface area contributed by atoms with E-state index in [1.807, 2.05) is 36.4 Å². The van der Waals surface area contributed by atoms with Crippen molar-refractivity contribution in [2.24, 2.45) is 0 Å². The molecule has 124 valence electrons. The zero-order valence-electron chi connectivity index (χ0n) is 13.7. The van der Waals surface area contributed by atoms with Crippen molar-refractivity contribution < 1.29 is 9.59 Å². The molecule has 0 saturated heterocycles. The third-order valence-electron chi connectivity index (χ3n) is 4.26. The maximum atomic E-state index is 12.3. The highest BCUT2D eigenvalue weighted by Crippen LogP contribution is 2.29. The van der Waals surface area contributed by atoms with Gasteiger partial charge in [-0.3, -0.25) is 10.1 Å². The average molecular weight is 323 g/mol. The number of nitrogens with zero attached hydrogens (tertiary/aromatic N) is 1. The van der Waals surface area contributed by atoms with Gasteiger partial charge in [0.25, 0.3) is 0 Å². The zero-order valence-corrected chi connectivity index (χ0v) is 13.7. The lowest BCUT2D eigenvalue weighted by Gasteiger charge is -2.36. The van der Waals surface area contributed by atoms with Crippen LogP contribution in [0.3, 0.4) is 0 Å². The fourth-order valence-electron chi connectivity index (χ4n) is 3.01. The molecule has 2 aromatic rings. The van der Waals surface area contributed by atoms with Gasteiger partial charge in [0.2, 0.25) is 5.91 Å². The summed E-state index contributed by atoms with van der Waals surface area (Å²) >= 11 is 0. The van der Waals surface area contributed by atoms with Crippen molar-refractivity contribution in [2.75, 3.05) is 16.8 Å². The summed E-state index contributed by atoms with van der Waals surface area (Å²) in [7, 11) is 0. The van der Waals surface area contributed by atoms with Gasteiger partial charge in [-0.15, -0.1) is 0 Å². The molecule has 2 aromatic carbocycles. The molecular formula is C19H21N3O2. The number of carbonyl (C=O) groups is 2. The predicted molar refractivity (Wildman–Crippen MR) is 95.2 cm³/mol. The number of imide groups is 1. The Kier molecular flexibility index (Phi) is 4.79. The molecule has 24 heavy (non-hydrogen) atoms. The monoisotopic (exact) mass is 323 g/mol. The Morgan fingerprint density at radius 1 is 1.08 bits per heavy atom. The van der Waals surface area contributed by atoms with E-state index >= 15 is 0 Å². The molecular weight excluding hydrogens is 302 g/mol. The van der Waals surface area contributed by atoms with Crippen LogP contribution >= 0.6 is 0 Å². The van der Waals surface area contributed by atoms with Crippen LogP contribution < -0.4 is 15.5 Å². The molecule has 2 N–H and O–H groups in total. The Labute approximate surface area is 141 Å². The van der Waals surface area contributed by atoms with Crippen molar-refractivity contribution >= 4 is 23.3 Å². The molecule has 3 amide bonds. The molecule has 0 radical (unpaired) electrons. The molecule has 0 unspecified atom stereocenters. The molecule has 5 nitrogen and oxygen atoms in total. The van der Waals surface area contributed by atoms with E-state index in [9.17, 15) is 9.59 Å². The second-order valence-corrected chi connectivity index (χ2v) is 6.01. The number of aryl methyl sites for hydroxylation is 1. The van der Waals surface area contributed by atoms with Crippen LogP contribution in [0.2, 0.25) is 0 Å². The van der Waals surface area contributed by atoms with Gasteiger partial charge < -0.3 is 10.2 Å². The minimum Gasteiger partial charge on any atom is -0.359 e. The number of nitrogens with one attached hydrogen (secondary N) is 2. The summed E-state index contributed by atoms with van der Waals surface area (Å²) in [6, 6.07) is 16.9. The van der Waals surface area contributed by atoms with E-state index < -0.39 is 6.03 Å². The fourth-order valence-corrected chi connectivity index (χ4v) is 3.01. The summed E-state index contributed by atoms with van der Waals surface area (Å²) in [5, 5.41) is 5.05. The predicted octanol–water partition coefficient (Wildman–Crippen LogP) is 3.18. The second-order valence-electron chi connectivity index (χ2n) is 6.01. The van der Waals surface area contributed by atoms with Gasteiger partial charge in [0.05, 0.1) is 6.54 Å². The third kappa shape index (κ3) is 3.74. The maximum Gasteiger partial charge on any atom is 0.325 e. The van der Waals surface area contributed by atoms with E-state index in [0.29, 0.717) is 5.69 Å². The van der Waals surface area contributed by atoms with E-state index in [2.05, 4.69) is 28.5 Å². The minimum absolute atomic E-state index is 0.167. The van der Waals surface area contributed by atoms with Gasteiger partial charge in [-0.25, -0.2) is 4.79 Å². The largest absolute Gasteiger partial charge is 0.359 e. The number of para-hydroxylation sites is 2. The highest BCUT2D eigenvalue weighted by Gasteiger charge is 2.24. The summed E-state index contributed by atoms with van der Waals surface area (Å²) in [6.07, 6.45) is 2.02. The SMILES string of the molecule is C[C@@H]1CCc2ccccc2N1CC(=O)NC(=O)Nc1ccccc1. The van der Waals surface area contributed by atoms with Gasteiger partial charge in [-0.2, -0.15) is 0 Å². The number of rotatable bonds is 3. The first-order valence-electron chi connectivity index (χ1n) is 8.14. The van der Waals surface area contributed by atoms with Crippen molar-refractivity contribution in [1.82, 2.24) is 5.32 Å². The molecule has 5 heteroatoms. The standard InChI is InChI=1S/C19H21N3O2/c1-14-11-12-15-7-5-6-10-17(15)22(14)13-18(23)21-19(24)20-16-8-3-2-4-9-16/h2-10,14H,11-13H2,1H3,(H2,20,21,23,24)/t14-/m1/s1. The van der Waals surface area contributed by atoms with Crippen molar-refractivity contribution in [1.29, 1.82) is 0 Å². The number of fused-ring (bicyclic) bond motifs is 1. The van der Waals surface area contributed by atoms with Gasteiger partial charge in [0, 0.05) is 17.4 Å². The topological polar surface area (TPSA) is 61.4 Å². The lowest BCUT2D eigenvalue weighted by atomic mass is 9.97. The Morgan fingerprint density at radius 3 is 2.58 bits per heavy atom. The number of carbonyl (C=O) groups excluding carboxylic acids is 2. The Bertz CT molecular complexity index is 730. The summed E-state index contributed by atoms with van der Waals surface area (Å²) in [4.78, 5) is 26.2. The lowest BCUT2D eigenvalue weighted by Crippen LogP contribution is -2.46. The van der Waals surface area contributed by atoms with E-state index in [1.54, 1.807) is 12.1 Å². The zero-order chi connectivity index (χ0) is 16.9. The first kappa shape index (κ1) is 16.1. The number of hydrogen-bond acceptors (Lipinski definition) is 3. The number of urea groups is 1. The van der Waals surface area contributed by atoms with Gasteiger partial charge in [-0.1, -0.05) is 36.4 Å². The van der Waals surface area contributed by atoms with Gasteiger partial charge in [-0.05, 0) is 43.5 Å². The van der Waals surface area contributed by atoms with E-state index in [1.165, 1.54) is 5.56 Å². The Balaban J connectivity index is 1.61. The second kappa shape index (κ2) is 7.17. The van der Waals surface area contributed by atoms with Crippen molar-refractivity contribution in [3.8, 4) is 0 Å². The van der Waals surface area contributed by atoms with Crippen LogP contribution in [-0.4, -0.2) is 24.5 Å². The fraction of sp³-hybridized carbons (Fsp3) is 0.263. The summed E-state index contributed by atoms with van der Waals surface area (Å²) in [5.41, 5.74) is 2.98. The van der Waals surface area contributed by atoms with Gasteiger partial charge in [0.15, 0.2) is 0 Å². The lowest BCUT2D eigenvalue weighted by molar-refractivity contribution is -0.118. The van der Waals surface area contributed by atoms with Crippen molar-refractivity contribution in [2.45, 2.75) is 25.8 Å². The normalized spacial score (nSPS) is 16.2. The van der Waals surface area contributed by atoms with Crippen molar-refractivity contribution in [3.63, 3.8) is 0 Å². The maximum absolute atomic E-state index is 12.3. The van der Waals surface area contributed by atoms with Gasteiger partial charge >= 0.3 is 6.03 Å². The molecule has 3 rings (SSSR count). The highest BCUT2D eigenvalue weighted by atomic mass is 16.2. The average Bonchev–Trinajstić information content (AvgIpc) is 2.58. The molecule has 0 fully saturated rings. The van der Waals surface area contributed by atoms with Crippen LogP contribution in [0.1, 0.15) is 18.9 Å². The molecule has 0 aromatic heterocycles. The van der Waals surface area contributed by atoms with Crippen LogP contribution in [0.4, 0.5) is 16.2 Å². The molecule has 1 aliphatic rings. The summed E-state index contributed by atoms with van der Waals surface area (Å²) < 4.78 is 0. The smallest absolute Gasteiger partial charge is 0.325 e. The van der Waals surface area contributed by atoms with Crippen LogP contribution in [0.5, 0.6) is 0 Å². The number of benzene rings is 2. The molecule has 1 aliphatic heterocycles. The molecule has 0 bridgehead atoms. The van der Waals surface area contributed by atoms with Crippen LogP contribution in [-0.2, 0) is 11.2 Å². The van der Waals surface area contributed by atoms with Crippen LogP contribution in [0.15, 0.2) is 54.6 Å². The molecule has 0 saturated carbocycles. The minimum atomic E-state index is -0.510. The van der Waals surface area contributed by atoms with Crippen LogP contribution in [0.25, 0.3) is 0 Å².